The van der Waals surface area contributed by atoms with Crippen LogP contribution in [0.4, 0.5) is 0 Å². The summed E-state index contributed by atoms with van der Waals surface area (Å²) >= 11 is 0. The second-order valence-electron chi connectivity index (χ2n) is 5.04. The van der Waals surface area contributed by atoms with E-state index in [4.69, 9.17) is 4.74 Å². The maximum atomic E-state index is 12.1. The summed E-state index contributed by atoms with van der Waals surface area (Å²) in [6, 6.07) is 6.20. The average Bonchev–Trinajstić information content (AvgIpc) is 2.91. The van der Waals surface area contributed by atoms with Crippen molar-refractivity contribution in [2.24, 2.45) is 0 Å². The Morgan fingerprint density at radius 1 is 1.53 bits per heavy atom. The van der Waals surface area contributed by atoms with Crippen LogP contribution >= 0.6 is 0 Å². The van der Waals surface area contributed by atoms with Gasteiger partial charge in [-0.15, -0.1) is 0 Å². The van der Waals surface area contributed by atoms with Crippen molar-refractivity contribution in [1.29, 1.82) is 0 Å². The van der Waals surface area contributed by atoms with Gasteiger partial charge < -0.3 is 15.4 Å². The van der Waals surface area contributed by atoms with E-state index in [1.54, 1.807) is 7.11 Å². The molecule has 1 aromatic rings. The molecule has 0 spiro atoms. The van der Waals surface area contributed by atoms with Gasteiger partial charge in [-0.3, -0.25) is 4.79 Å². The number of rotatable bonds is 5. The van der Waals surface area contributed by atoms with Crippen molar-refractivity contribution in [2.45, 2.75) is 32.2 Å². The van der Waals surface area contributed by atoms with E-state index in [1.807, 2.05) is 25.1 Å². The van der Waals surface area contributed by atoms with Crippen molar-refractivity contribution in [2.75, 3.05) is 20.2 Å². The zero-order valence-corrected chi connectivity index (χ0v) is 11.7. The van der Waals surface area contributed by atoms with E-state index < -0.39 is 0 Å². The highest BCUT2D eigenvalue weighted by Gasteiger charge is 2.15. The summed E-state index contributed by atoms with van der Waals surface area (Å²) in [6.45, 7) is 3.77. The molecule has 0 unspecified atom stereocenters. The molecule has 2 N–H and O–H groups in total. The van der Waals surface area contributed by atoms with Gasteiger partial charge in [0.15, 0.2) is 0 Å². The Morgan fingerprint density at radius 3 is 3.05 bits per heavy atom. The maximum Gasteiger partial charge on any atom is 0.255 e. The molecule has 1 amide bonds. The smallest absolute Gasteiger partial charge is 0.255 e. The van der Waals surface area contributed by atoms with Crippen LogP contribution in [0.5, 0.6) is 5.75 Å². The quantitative estimate of drug-likeness (QED) is 0.852. The number of benzene rings is 1. The number of hydrogen-bond donors (Lipinski definition) is 2. The third-order valence-electron chi connectivity index (χ3n) is 3.54. The minimum absolute atomic E-state index is 0.0569. The van der Waals surface area contributed by atoms with E-state index in [2.05, 4.69) is 10.6 Å². The molecule has 104 valence electrons. The highest BCUT2D eigenvalue weighted by atomic mass is 16.5. The van der Waals surface area contributed by atoms with E-state index in [-0.39, 0.29) is 5.91 Å². The molecule has 0 saturated carbocycles. The first-order valence-corrected chi connectivity index (χ1v) is 6.87. The van der Waals surface area contributed by atoms with Crippen LogP contribution in [0.2, 0.25) is 0 Å². The highest BCUT2D eigenvalue weighted by molar-refractivity contribution is 5.97. The van der Waals surface area contributed by atoms with Gasteiger partial charge in [-0.2, -0.15) is 0 Å². The number of aryl methyl sites for hydroxylation is 1. The van der Waals surface area contributed by atoms with Crippen LogP contribution in [0.3, 0.4) is 0 Å². The van der Waals surface area contributed by atoms with E-state index in [1.165, 1.54) is 12.8 Å². The summed E-state index contributed by atoms with van der Waals surface area (Å²) in [6.07, 6.45) is 3.44. The summed E-state index contributed by atoms with van der Waals surface area (Å²) in [7, 11) is 1.59. The van der Waals surface area contributed by atoms with Crippen molar-refractivity contribution >= 4 is 5.91 Å². The first-order valence-electron chi connectivity index (χ1n) is 6.87. The van der Waals surface area contributed by atoms with Crippen LogP contribution in [0.1, 0.15) is 35.2 Å². The Bertz CT molecular complexity index is 440. The predicted molar refractivity (Wildman–Crippen MR) is 75.7 cm³/mol. The second-order valence-corrected chi connectivity index (χ2v) is 5.04. The van der Waals surface area contributed by atoms with E-state index >= 15 is 0 Å². The summed E-state index contributed by atoms with van der Waals surface area (Å²) in [5.41, 5.74) is 1.67. The number of amides is 1. The summed E-state index contributed by atoms with van der Waals surface area (Å²) < 4.78 is 5.23. The van der Waals surface area contributed by atoms with Crippen LogP contribution < -0.4 is 15.4 Å². The van der Waals surface area contributed by atoms with Crippen LogP contribution in [-0.4, -0.2) is 32.1 Å². The molecule has 0 aliphatic carbocycles. The number of ether oxygens (including phenoxy) is 1. The Hall–Kier alpha value is -1.55. The molecule has 0 aromatic heterocycles. The van der Waals surface area contributed by atoms with Gasteiger partial charge in [-0.1, -0.05) is 11.6 Å². The highest BCUT2D eigenvalue weighted by Crippen LogP contribution is 2.19. The largest absolute Gasteiger partial charge is 0.496 e. The Labute approximate surface area is 114 Å². The Morgan fingerprint density at radius 2 is 2.37 bits per heavy atom. The number of nitrogens with one attached hydrogen (secondary N) is 2. The fraction of sp³-hybridized carbons (Fsp3) is 0.533. The number of carbonyl (C=O) groups excluding carboxylic acids is 1. The van der Waals surface area contributed by atoms with E-state index in [0.29, 0.717) is 23.9 Å². The lowest BCUT2D eigenvalue weighted by Crippen LogP contribution is -2.30. The minimum atomic E-state index is -0.0569. The zero-order valence-electron chi connectivity index (χ0n) is 11.7. The molecule has 1 heterocycles. The lowest BCUT2D eigenvalue weighted by molar-refractivity contribution is 0.0949. The van der Waals surface area contributed by atoms with Gasteiger partial charge in [-0.25, -0.2) is 0 Å². The van der Waals surface area contributed by atoms with Crippen molar-refractivity contribution in [1.82, 2.24) is 10.6 Å². The zero-order chi connectivity index (χ0) is 13.7. The summed E-state index contributed by atoms with van der Waals surface area (Å²) in [5, 5.41) is 6.39. The SMILES string of the molecule is COc1ccc(C)cc1C(=O)NCC[C@@H]1CCCN1. The van der Waals surface area contributed by atoms with Crippen molar-refractivity contribution < 1.29 is 9.53 Å². The van der Waals surface area contributed by atoms with Crippen LogP contribution in [0.15, 0.2) is 18.2 Å². The molecule has 0 radical (unpaired) electrons. The molecule has 1 saturated heterocycles. The molecule has 1 aliphatic heterocycles. The first-order chi connectivity index (χ1) is 9.20. The first kappa shape index (κ1) is 13.9. The van der Waals surface area contributed by atoms with Gasteiger partial charge in [0, 0.05) is 12.6 Å². The van der Waals surface area contributed by atoms with Crippen LogP contribution in [0, 0.1) is 6.92 Å². The molecule has 4 nitrogen and oxygen atoms in total. The number of methoxy groups -OCH3 is 1. The third-order valence-corrected chi connectivity index (χ3v) is 3.54. The topological polar surface area (TPSA) is 50.4 Å². The Kier molecular flexibility index (Phi) is 4.80. The number of hydrogen-bond acceptors (Lipinski definition) is 3. The molecule has 0 bridgehead atoms. The monoisotopic (exact) mass is 262 g/mol. The van der Waals surface area contributed by atoms with Crippen LogP contribution in [0.25, 0.3) is 0 Å². The van der Waals surface area contributed by atoms with Crippen molar-refractivity contribution in [3.63, 3.8) is 0 Å². The molecular formula is C15H22N2O2. The molecule has 1 aliphatic rings. The van der Waals surface area contributed by atoms with Gasteiger partial charge in [-0.05, 0) is 44.9 Å². The standard InChI is InChI=1S/C15H22N2O2/c1-11-5-6-14(19-2)13(10-11)15(18)17-9-7-12-4-3-8-16-12/h5-6,10,12,16H,3-4,7-9H2,1-2H3,(H,17,18)/t12-/m0/s1. The van der Waals surface area contributed by atoms with Gasteiger partial charge in [0.25, 0.3) is 5.91 Å². The molecule has 1 aromatic carbocycles. The molecule has 2 rings (SSSR count). The Balaban J connectivity index is 1.89. The van der Waals surface area contributed by atoms with Crippen LogP contribution in [-0.2, 0) is 0 Å². The third kappa shape index (κ3) is 3.70. The molecule has 1 atom stereocenters. The lowest BCUT2D eigenvalue weighted by Gasteiger charge is -2.12. The normalized spacial score (nSPS) is 18.3. The average molecular weight is 262 g/mol. The maximum absolute atomic E-state index is 12.1. The van der Waals surface area contributed by atoms with Gasteiger partial charge in [0.1, 0.15) is 5.75 Å². The van der Waals surface area contributed by atoms with Crippen molar-refractivity contribution in [3.8, 4) is 5.75 Å². The lowest BCUT2D eigenvalue weighted by atomic mass is 10.1. The number of carbonyl (C=O) groups is 1. The van der Waals surface area contributed by atoms with Gasteiger partial charge in [0.05, 0.1) is 12.7 Å². The summed E-state index contributed by atoms with van der Waals surface area (Å²) in [4.78, 5) is 12.1. The minimum Gasteiger partial charge on any atom is -0.496 e. The summed E-state index contributed by atoms with van der Waals surface area (Å²) in [5.74, 6) is 0.570. The molecule has 1 fully saturated rings. The second kappa shape index (κ2) is 6.57. The fourth-order valence-corrected chi connectivity index (χ4v) is 2.46. The van der Waals surface area contributed by atoms with Gasteiger partial charge in [0.2, 0.25) is 0 Å². The predicted octanol–water partition coefficient (Wildman–Crippen LogP) is 1.88. The molecule has 19 heavy (non-hydrogen) atoms. The van der Waals surface area contributed by atoms with Gasteiger partial charge >= 0.3 is 0 Å². The molecular weight excluding hydrogens is 240 g/mol. The molecule has 4 heteroatoms. The fourth-order valence-electron chi connectivity index (χ4n) is 2.46. The van der Waals surface area contributed by atoms with Crippen molar-refractivity contribution in [3.05, 3.63) is 29.3 Å². The van der Waals surface area contributed by atoms with E-state index in [9.17, 15) is 4.79 Å². The van der Waals surface area contributed by atoms with E-state index in [0.717, 1.165) is 18.5 Å².